The maximum Gasteiger partial charge on any atom is 0.257 e. The van der Waals surface area contributed by atoms with Gasteiger partial charge in [-0.3, -0.25) is 10.1 Å². The van der Waals surface area contributed by atoms with E-state index in [0.29, 0.717) is 15.6 Å². The largest absolute Gasteiger partial charge is 0.361 e. The molecule has 2 heterocycles. The first-order chi connectivity index (χ1) is 9.26. The summed E-state index contributed by atoms with van der Waals surface area (Å²) < 4.78 is 0. The van der Waals surface area contributed by atoms with Gasteiger partial charge in [-0.05, 0) is 23.6 Å². The summed E-state index contributed by atoms with van der Waals surface area (Å²) in [4.78, 5) is 19.5. The van der Waals surface area contributed by atoms with Gasteiger partial charge in [0.1, 0.15) is 10.9 Å². The summed E-state index contributed by atoms with van der Waals surface area (Å²) in [5, 5.41) is 12.9. The zero-order valence-corrected chi connectivity index (χ0v) is 10.5. The summed E-state index contributed by atoms with van der Waals surface area (Å²) in [7, 11) is 0. The molecule has 3 rings (SSSR count). The predicted molar refractivity (Wildman–Crippen MR) is 73.1 cm³/mol. The normalized spacial score (nSPS) is 10.3. The Morgan fingerprint density at radius 2 is 2.32 bits per heavy atom. The van der Waals surface area contributed by atoms with Crippen molar-refractivity contribution in [3.63, 3.8) is 0 Å². The molecule has 0 radical (unpaired) electrons. The number of amides is 1. The summed E-state index contributed by atoms with van der Waals surface area (Å²) in [6, 6.07) is 9.34. The van der Waals surface area contributed by atoms with Crippen LogP contribution >= 0.6 is 11.3 Å². The first-order valence-electron chi connectivity index (χ1n) is 5.51. The average Bonchev–Trinajstić information content (AvgIpc) is 3.05. The first-order valence-corrected chi connectivity index (χ1v) is 6.32. The molecular formula is C13H8N4OS. The number of fused-ring (bicyclic) bond motifs is 1. The Bertz CT molecular complexity index is 796. The topological polar surface area (TPSA) is 81.6 Å². The van der Waals surface area contributed by atoms with Gasteiger partial charge in [-0.2, -0.15) is 5.26 Å². The van der Waals surface area contributed by atoms with E-state index in [9.17, 15) is 4.79 Å². The zero-order chi connectivity index (χ0) is 13.2. The van der Waals surface area contributed by atoms with E-state index < -0.39 is 0 Å². The maximum absolute atomic E-state index is 12.0. The Kier molecular flexibility index (Phi) is 2.74. The van der Waals surface area contributed by atoms with Crippen molar-refractivity contribution < 1.29 is 4.79 Å². The molecule has 0 unspecified atom stereocenters. The lowest BCUT2D eigenvalue weighted by Crippen LogP contribution is -2.11. The van der Waals surface area contributed by atoms with Crippen molar-refractivity contribution in [1.82, 2.24) is 9.97 Å². The molecule has 0 saturated carbocycles. The van der Waals surface area contributed by atoms with Gasteiger partial charge in [0.05, 0.1) is 6.20 Å². The Labute approximate surface area is 112 Å². The Morgan fingerprint density at radius 3 is 3.11 bits per heavy atom. The standard InChI is InChI=1S/C13H8N4OS/c14-6-10-7-16-13(19-10)17-12(18)9-2-1-8-3-4-15-11(8)5-9/h1-5,7,15H,(H,16,17,18). The van der Waals surface area contributed by atoms with E-state index in [1.165, 1.54) is 6.20 Å². The molecule has 6 heteroatoms. The fourth-order valence-corrected chi connectivity index (χ4v) is 2.35. The Morgan fingerprint density at radius 1 is 1.42 bits per heavy atom. The second kappa shape index (κ2) is 4.55. The van der Waals surface area contributed by atoms with E-state index in [-0.39, 0.29) is 5.91 Å². The predicted octanol–water partition coefficient (Wildman–Crippen LogP) is 2.75. The van der Waals surface area contributed by atoms with Crippen molar-refractivity contribution in [3.05, 3.63) is 47.1 Å². The number of carbonyl (C=O) groups excluding carboxylic acids is 1. The number of aromatic nitrogens is 2. The molecule has 1 aromatic carbocycles. The van der Waals surface area contributed by atoms with Crippen molar-refractivity contribution >= 4 is 33.3 Å². The van der Waals surface area contributed by atoms with E-state index in [4.69, 9.17) is 5.26 Å². The minimum Gasteiger partial charge on any atom is -0.361 e. The van der Waals surface area contributed by atoms with Gasteiger partial charge in [-0.15, -0.1) is 0 Å². The van der Waals surface area contributed by atoms with Gasteiger partial charge in [-0.25, -0.2) is 4.98 Å². The lowest BCUT2D eigenvalue weighted by Gasteiger charge is -2.01. The van der Waals surface area contributed by atoms with Crippen LogP contribution in [-0.4, -0.2) is 15.9 Å². The smallest absolute Gasteiger partial charge is 0.257 e. The molecule has 0 fully saturated rings. The second-order valence-electron chi connectivity index (χ2n) is 3.88. The first kappa shape index (κ1) is 11.4. The lowest BCUT2D eigenvalue weighted by molar-refractivity contribution is 0.102. The van der Waals surface area contributed by atoms with Crippen LogP contribution in [0.1, 0.15) is 15.2 Å². The van der Waals surface area contributed by atoms with Crippen molar-refractivity contribution in [2.24, 2.45) is 0 Å². The monoisotopic (exact) mass is 268 g/mol. The molecule has 3 aromatic rings. The number of thiazole rings is 1. The number of hydrogen-bond acceptors (Lipinski definition) is 4. The summed E-state index contributed by atoms with van der Waals surface area (Å²) in [6.45, 7) is 0. The molecule has 19 heavy (non-hydrogen) atoms. The third-order valence-corrected chi connectivity index (χ3v) is 3.47. The molecule has 2 aromatic heterocycles. The van der Waals surface area contributed by atoms with Crippen molar-refractivity contribution in [1.29, 1.82) is 5.26 Å². The van der Waals surface area contributed by atoms with Gasteiger partial charge < -0.3 is 4.98 Å². The SMILES string of the molecule is N#Cc1cnc(NC(=O)c2ccc3cc[nH]c3c2)s1. The zero-order valence-electron chi connectivity index (χ0n) is 9.68. The highest BCUT2D eigenvalue weighted by molar-refractivity contribution is 7.16. The number of H-pyrrole nitrogens is 1. The third-order valence-electron chi connectivity index (χ3n) is 2.65. The minimum absolute atomic E-state index is 0.240. The number of carbonyl (C=O) groups is 1. The van der Waals surface area contributed by atoms with E-state index >= 15 is 0 Å². The van der Waals surface area contributed by atoms with Crippen molar-refractivity contribution in [2.45, 2.75) is 0 Å². The van der Waals surface area contributed by atoms with E-state index in [1.807, 2.05) is 24.4 Å². The molecule has 92 valence electrons. The molecule has 0 spiro atoms. The molecule has 0 aliphatic heterocycles. The van der Waals surface area contributed by atoms with E-state index in [2.05, 4.69) is 15.3 Å². The Balaban J connectivity index is 1.85. The molecule has 0 bridgehead atoms. The molecule has 5 nitrogen and oxygen atoms in total. The van der Waals surface area contributed by atoms with Gasteiger partial charge in [-0.1, -0.05) is 17.4 Å². The minimum atomic E-state index is -0.240. The molecular weight excluding hydrogens is 260 g/mol. The van der Waals surface area contributed by atoms with Crippen LogP contribution in [0.5, 0.6) is 0 Å². The highest BCUT2D eigenvalue weighted by Gasteiger charge is 2.09. The van der Waals surface area contributed by atoms with Gasteiger partial charge in [0.25, 0.3) is 5.91 Å². The van der Waals surface area contributed by atoms with Crippen molar-refractivity contribution in [3.8, 4) is 6.07 Å². The van der Waals surface area contributed by atoms with Crippen LogP contribution in [0.15, 0.2) is 36.7 Å². The highest BCUT2D eigenvalue weighted by atomic mass is 32.1. The maximum atomic E-state index is 12.0. The summed E-state index contributed by atoms with van der Waals surface area (Å²) in [6.07, 6.45) is 3.26. The number of nitriles is 1. The van der Waals surface area contributed by atoms with Gasteiger partial charge in [0.15, 0.2) is 5.13 Å². The average molecular weight is 268 g/mol. The van der Waals surface area contributed by atoms with Crippen LogP contribution in [0, 0.1) is 11.3 Å². The number of hydrogen-bond donors (Lipinski definition) is 2. The summed E-state index contributed by atoms with van der Waals surface area (Å²) >= 11 is 1.15. The van der Waals surface area contributed by atoms with E-state index in [1.54, 1.807) is 12.1 Å². The molecule has 1 amide bonds. The number of rotatable bonds is 2. The fraction of sp³-hybridized carbons (Fsp3) is 0. The Hall–Kier alpha value is -2.65. The molecule has 0 atom stereocenters. The lowest BCUT2D eigenvalue weighted by atomic mass is 10.1. The molecule has 0 saturated heterocycles. The van der Waals surface area contributed by atoms with Crippen LogP contribution < -0.4 is 5.32 Å². The molecule has 2 N–H and O–H groups in total. The quantitative estimate of drug-likeness (QED) is 0.749. The summed E-state index contributed by atoms with van der Waals surface area (Å²) in [5.74, 6) is -0.240. The van der Waals surface area contributed by atoms with Crippen LogP contribution in [-0.2, 0) is 0 Å². The van der Waals surface area contributed by atoms with Crippen LogP contribution in [0.4, 0.5) is 5.13 Å². The number of anilines is 1. The van der Waals surface area contributed by atoms with Gasteiger partial charge >= 0.3 is 0 Å². The summed E-state index contributed by atoms with van der Waals surface area (Å²) in [5.41, 5.74) is 1.45. The highest BCUT2D eigenvalue weighted by Crippen LogP contribution is 2.19. The second-order valence-corrected chi connectivity index (χ2v) is 4.91. The van der Waals surface area contributed by atoms with Gasteiger partial charge in [0.2, 0.25) is 0 Å². The van der Waals surface area contributed by atoms with E-state index in [0.717, 1.165) is 22.2 Å². The van der Waals surface area contributed by atoms with Crippen LogP contribution in [0.25, 0.3) is 10.9 Å². The number of nitrogens with zero attached hydrogens (tertiary/aromatic N) is 2. The van der Waals surface area contributed by atoms with Crippen LogP contribution in [0.2, 0.25) is 0 Å². The van der Waals surface area contributed by atoms with Gasteiger partial charge in [0, 0.05) is 17.3 Å². The molecule has 0 aliphatic rings. The molecule has 0 aliphatic carbocycles. The number of nitrogens with one attached hydrogen (secondary N) is 2. The van der Waals surface area contributed by atoms with Crippen molar-refractivity contribution in [2.75, 3.05) is 5.32 Å². The number of aromatic amines is 1. The van der Waals surface area contributed by atoms with Crippen LogP contribution in [0.3, 0.4) is 0 Å². The third kappa shape index (κ3) is 2.19. The number of benzene rings is 1. The fourth-order valence-electron chi connectivity index (χ4n) is 1.74.